The quantitative estimate of drug-likeness (QED) is 0.551. The molecule has 2 aromatic carbocycles. The first kappa shape index (κ1) is 23.8. The van der Waals surface area contributed by atoms with Crippen molar-refractivity contribution in [2.75, 3.05) is 19.7 Å². The Morgan fingerprint density at radius 3 is 2.32 bits per heavy atom. The number of aliphatic carboxylic acids is 1. The van der Waals surface area contributed by atoms with Gasteiger partial charge in [0.15, 0.2) is 0 Å². The average molecular weight is 467 g/mol. The number of fused-ring (bicyclic) bond motifs is 3. The van der Waals surface area contributed by atoms with Gasteiger partial charge in [0.2, 0.25) is 5.91 Å². The third kappa shape index (κ3) is 5.07. The van der Waals surface area contributed by atoms with Crippen LogP contribution in [0.4, 0.5) is 4.79 Å². The molecule has 4 rings (SSSR count). The Bertz CT molecular complexity index is 1030. The Morgan fingerprint density at radius 2 is 1.71 bits per heavy atom. The number of carboxylic acid groups (broad SMARTS) is 1. The summed E-state index contributed by atoms with van der Waals surface area (Å²) in [6.07, 6.45) is -0.560. The predicted molar refractivity (Wildman–Crippen MR) is 125 cm³/mol. The van der Waals surface area contributed by atoms with Crippen molar-refractivity contribution >= 4 is 18.0 Å². The maximum atomic E-state index is 12.5. The van der Waals surface area contributed by atoms with Crippen LogP contribution in [0.15, 0.2) is 48.5 Å². The van der Waals surface area contributed by atoms with E-state index in [0.29, 0.717) is 13.0 Å². The summed E-state index contributed by atoms with van der Waals surface area (Å²) in [5, 5.41) is 21.7. The highest BCUT2D eigenvalue weighted by Crippen LogP contribution is 2.44. The molecule has 2 amide bonds. The molecule has 8 heteroatoms. The second kappa shape index (κ2) is 10.3. The number of β-amino-alcohol motifs (C(OH)–C–C–N with tert-alkyl or cyclic N) is 1. The van der Waals surface area contributed by atoms with E-state index in [2.05, 4.69) is 29.6 Å². The molecule has 1 saturated heterocycles. The van der Waals surface area contributed by atoms with Gasteiger partial charge in [0.1, 0.15) is 12.6 Å². The number of carbonyl (C=O) groups is 3. The number of hydrogen-bond donors (Lipinski definition) is 3. The minimum Gasteiger partial charge on any atom is -0.480 e. The maximum absolute atomic E-state index is 12.5. The van der Waals surface area contributed by atoms with Gasteiger partial charge in [-0.15, -0.1) is 0 Å². The van der Waals surface area contributed by atoms with Gasteiger partial charge in [-0.1, -0.05) is 55.5 Å². The molecule has 1 fully saturated rings. The van der Waals surface area contributed by atoms with Gasteiger partial charge < -0.3 is 25.2 Å². The first-order chi connectivity index (χ1) is 16.3. The molecule has 3 atom stereocenters. The minimum absolute atomic E-state index is 0.00677. The fraction of sp³-hybridized carbons (Fsp3) is 0.423. The molecule has 180 valence electrons. The molecule has 0 bridgehead atoms. The lowest BCUT2D eigenvalue weighted by Crippen LogP contribution is -2.41. The van der Waals surface area contributed by atoms with E-state index in [0.717, 1.165) is 11.1 Å². The highest BCUT2D eigenvalue weighted by atomic mass is 16.5. The predicted octanol–water partition coefficient (Wildman–Crippen LogP) is 2.99. The SMILES string of the molecule is CC(CCNC(=O)OCC1c2ccccc2-c2ccccc21)CC(=O)N1CC(O)CC1C(=O)O. The molecule has 1 aliphatic heterocycles. The third-order valence-electron chi connectivity index (χ3n) is 6.66. The summed E-state index contributed by atoms with van der Waals surface area (Å²) in [6.45, 7) is 2.50. The number of aliphatic hydroxyl groups is 1. The van der Waals surface area contributed by atoms with Gasteiger partial charge in [0.05, 0.1) is 6.10 Å². The number of likely N-dealkylation sites (tertiary alicyclic amines) is 1. The summed E-state index contributed by atoms with van der Waals surface area (Å²) in [6, 6.07) is 15.3. The van der Waals surface area contributed by atoms with E-state index in [-0.39, 0.29) is 43.7 Å². The van der Waals surface area contributed by atoms with Crippen LogP contribution in [-0.2, 0) is 14.3 Å². The van der Waals surface area contributed by atoms with Crippen molar-refractivity contribution < 1.29 is 29.3 Å². The number of nitrogens with zero attached hydrogens (tertiary/aromatic N) is 1. The van der Waals surface area contributed by atoms with Crippen LogP contribution in [0, 0.1) is 5.92 Å². The van der Waals surface area contributed by atoms with Crippen molar-refractivity contribution in [3.05, 3.63) is 59.7 Å². The number of amides is 2. The molecule has 34 heavy (non-hydrogen) atoms. The Balaban J connectivity index is 1.22. The molecular weight excluding hydrogens is 436 g/mol. The van der Waals surface area contributed by atoms with E-state index in [1.54, 1.807) is 0 Å². The molecular formula is C26H30N2O6. The van der Waals surface area contributed by atoms with Gasteiger partial charge >= 0.3 is 12.1 Å². The fourth-order valence-corrected chi connectivity index (χ4v) is 4.91. The molecule has 0 aromatic heterocycles. The number of carbonyl (C=O) groups excluding carboxylic acids is 2. The second-order valence-corrected chi connectivity index (χ2v) is 9.14. The van der Waals surface area contributed by atoms with Gasteiger partial charge in [0, 0.05) is 31.8 Å². The van der Waals surface area contributed by atoms with Crippen molar-refractivity contribution in [2.24, 2.45) is 5.92 Å². The monoisotopic (exact) mass is 466 g/mol. The number of hydrogen-bond acceptors (Lipinski definition) is 5. The molecule has 8 nitrogen and oxygen atoms in total. The summed E-state index contributed by atoms with van der Waals surface area (Å²) < 4.78 is 5.52. The van der Waals surface area contributed by atoms with Crippen LogP contribution in [-0.4, -0.2) is 64.9 Å². The van der Waals surface area contributed by atoms with Gasteiger partial charge in [-0.05, 0) is 34.6 Å². The number of carboxylic acids is 1. The molecule has 1 heterocycles. The normalized spacial score (nSPS) is 19.9. The minimum atomic E-state index is -1.10. The lowest BCUT2D eigenvalue weighted by molar-refractivity contribution is -0.148. The number of alkyl carbamates (subject to hydrolysis) is 1. The van der Waals surface area contributed by atoms with Crippen LogP contribution in [0.3, 0.4) is 0 Å². The third-order valence-corrected chi connectivity index (χ3v) is 6.66. The lowest BCUT2D eigenvalue weighted by Gasteiger charge is -2.23. The van der Waals surface area contributed by atoms with Crippen molar-refractivity contribution in [1.82, 2.24) is 10.2 Å². The van der Waals surface area contributed by atoms with E-state index < -0.39 is 24.2 Å². The van der Waals surface area contributed by atoms with E-state index in [9.17, 15) is 24.6 Å². The second-order valence-electron chi connectivity index (χ2n) is 9.14. The number of benzene rings is 2. The molecule has 2 aromatic rings. The van der Waals surface area contributed by atoms with Gasteiger partial charge in [-0.3, -0.25) is 4.79 Å². The summed E-state index contributed by atoms with van der Waals surface area (Å²) in [7, 11) is 0. The van der Waals surface area contributed by atoms with E-state index in [4.69, 9.17) is 4.74 Å². The molecule has 0 radical (unpaired) electrons. The van der Waals surface area contributed by atoms with E-state index >= 15 is 0 Å². The zero-order valence-corrected chi connectivity index (χ0v) is 19.1. The summed E-state index contributed by atoms with van der Waals surface area (Å²) >= 11 is 0. The van der Waals surface area contributed by atoms with Crippen molar-refractivity contribution in [1.29, 1.82) is 0 Å². The van der Waals surface area contributed by atoms with E-state index in [1.165, 1.54) is 16.0 Å². The average Bonchev–Trinajstić information content (AvgIpc) is 3.36. The Kier molecular flexibility index (Phi) is 7.17. The Hall–Kier alpha value is -3.39. The van der Waals surface area contributed by atoms with Crippen molar-refractivity contribution in [3.63, 3.8) is 0 Å². The molecule has 3 unspecified atom stereocenters. The molecule has 0 saturated carbocycles. The topological polar surface area (TPSA) is 116 Å². The van der Waals surface area contributed by atoms with Crippen molar-refractivity contribution in [2.45, 2.75) is 44.2 Å². The smallest absolute Gasteiger partial charge is 0.407 e. The van der Waals surface area contributed by atoms with Gasteiger partial charge in [-0.2, -0.15) is 0 Å². The molecule has 0 spiro atoms. The first-order valence-electron chi connectivity index (χ1n) is 11.6. The van der Waals surface area contributed by atoms with Crippen LogP contribution in [0.1, 0.15) is 43.2 Å². The standard InChI is InChI=1S/C26H30N2O6/c1-16(12-24(30)28-14-17(29)13-23(28)25(31)32)10-11-27-26(33)34-15-22-20-8-4-2-6-18(20)19-7-3-5-9-21(19)22/h2-9,16-17,22-23,29H,10-15H2,1H3,(H,27,33)(H,31,32). The largest absolute Gasteiger partial charge is 0.480 e. The maximum Gasteiger partial charge on any atom is 0.407 e. The Morgan fingerprint density at radius 1 is 1.09 bits per heavy atom. The molecule has 3 N–H and O–H groups in total. The van der Waals surface area contributed by atoms with Crippen LogP contribution in [0.2, 0.25) is 0 Å². The number of ether oxygens (including phenoxy) is 1. The lowest BCUT2D eigenvalue weighted by atomic mass is 9.98. The number of nitrogens with one attached hydrogen (secondary N) is 1. The zero-order chi connectivity index (χ0) is 24.2. The van der Waals surface area contributed by atoms with Crippen LogP contribution >= 0.6 is 0 Å². The van der Waals surface area contributed by atoms with Gasteiger partial charge in [-0.25, -0.2) is 9.59 Å². The van der Waals surface area contributed by atoms with Crippen LogP contribution in [0.25, 0.3) is 11.1 Å². The van der Waals surface area contributed by atoms with Crippen LogP contribution < -0.4 is 5.32 Å². The summed E-state index contributed by atoms with van der Waals surface area (Å²) in [4.78, 5) is 37.4. The fourth-order valence-electron chi connectivity index (χ4n) is 4.91. The number of rotatable bonds is 8. The number of aliphatic hydroxyl groups excluding tert-OH is 1. The first-order valence-corrected chi connectivity index (χ1v) is 11.6. The summed E-state index contributed by atoms with van der Waals surface area (Å²) in [5.41, 5.74) is 4.63. The highest BCUT2D eigenvalue weighted by Gasteiger charge is 2.39. The highest BCUT2D eigenvalue weighted by molar-refractivity contribution is 5.84. The van der Waals surface area contributed by atoms with Crippen LogP contribution in [0.5, 0.6) is 0 Å². The zero-order valence-electron chi connectivity index (χ0n) is 19.1. The van der Waals surface area contributed by atoms with Crippen molar-refractivity contribution in [3.8, 4) is 11.1 Å². The van der Waals surface area contributed by atoms with Gasteiger partial charge in [0.25, 0.3) is 0 Å². The Labute approximate surface area is 198 Å². The molecule has 1 aliphatic carbocycles. The summed E-state index contributed by atoms with van der Waals surface area (Å²) in [5.74, 6) is -1.46. The van der Waals surface area contributed by atoms with E-state index in [1.807, 2.05) is 31.2 Å². The molecule has 2 aliphatic rings.